The molecule has 0 spiro atoms. The first-order valence-electron chi connectivity index (χ1n) is 6.09. The van der Waals surface area contributed by atoms with Crippen LogP contribution in [0.5, 0.6) is 0 Å². The number of rotatable bonds is 2. The van der Waals surface area contributed by atoms with E-state index in [2.05, 4.69) is 39.5 Å². The summed E-state index contributed by atoms with van der Waals surface area (Å²) in [5.41, 5.74) is 8.72. The van der Waals surface area contributed by atoms with E-state index in [9.17, 15) is 0 Å². The van der Waals surface area contributed by atoms with Crippen molar-refractivity contribution in [2.24, 2.45) is 0 Å². The fourth-order valence-corrected chi connectivity index (χ4v) is 3.26. The predicted molar refractivity (Wildman–Crippen MR) is 83.3 cm³/mol. The summed E-state index contributed by atoms with van der Waals surface area (Å²) in [5.74, 6) is 0.942. The van der Waals surface area contributed by atoms with E-state index in [0.717, 1.165) is 11.4 Å². The van der Waals surface area contributed by atoms with Crippen molar-refractivity contribution in [3.63, 3.8) is 0 Å². The van der Waals surface area contributed by atoms with Crippen LogP contribution in [0.2, 0.25) is 0 Å². The second-order valence-electron chi connectivity index (χ2n) is 4.59. The van der Waals surface area contributed by atoms with Crippen molar-refractivity contribution in [2.45, 2.75) is 6.92 Å². The van der Waals surface area contributed by atoms with Gasteiger partial charge in [-0.2, -0.15) is 0 Å². The normalized spacial score (nSPS) is 10.8. The second kappa shape index (κ2) is 4.55. The molecule has 0 aliphatic carbocycles. The van der Waals surface area contributed by atoms with Crippen molar-refractivity contribution >= 4 is 38.6 Å². The van der Waals surface area contributed by atoms with Crippen molar-refractivity contribution in [3.05, 3.63) is 47.5 Å². The summed E-state index contributed by atoms with van der Waals surface area (Å²) in [4.78, 5) is 6.56. The molecule has 0 radical (unpaired) electrons. The van der Waals surface area contributed by atoms with E-state index < -0.39 is 0 Å². The maximum absolute atomic E-state index is 5.76. The Morgan fingerprint density at radius 1 is 1.26 bits per heavy atom. The summed E-state index contributed by atoms with van der Waals surface area (Å²) >= 11 is 1.75. The highest BCUT2D eigenvalue weighted by molar-refractivity contribution is 7.17. The van der Waals surface area contributed by atoms with E-state index in [0.29, 0.717) is 5.69 Å². The van der Waals surface area contributed by atoms with Gasteiger partial charge in [-0.1, -0.05) is 18.2 Å². The zero-order valence-electron chi connectivity index (χ0n) is 10.9. The highest BCUT2D eigenvalue weighted by Gasteiger charge is 2.12. The van der Waals surface area contributed by atoms with Gasteiger partial charge < -0.3 is 10.6 Å². The van der Waals surface area contributed by atoms with Crippen molar-refractivity contribution in [2.75, 3.05) is 17.7 Å². The molecule has 4 heteroatoms. The molecule has 3 rings (SSSR count). The van der Waals surface area contributed by atoms with Gasteiger partial charge in [-0.3, -0.25) is 0 Å². The maximum Gasteiger partial charge on any atom is 0.135 e. The molecule has 0 saturated heterocycles. The SMILES string of the molecule is Cc1cc(N)cnc1N(C)c1csc2ccccc12. The molecular formula is C15H15N3S. The van der Waals surface area contributed by atoms with Crippen LogP contribution < -0.4 is 10.6 Å². The molecule has 0 aliphatic heterocycles. The largest absolute Gasteiger partial charge is 0.397 e. The van der Waals surface area contributed by atoms with Crippen LogP contribution in [0.4, 0.5) is 17.2 Å². The Balaban J connectivity index is 2.10. The molecule has 96 valence electrons. The lowest BCUT2D eigenvalue weighted by molar-refractivity contribution is 1.11. The fourth-order valence-electron chi connectivity index (χ4n) is 2.28. The van der Waals surface area contributed by atoms with Crippen LogP contribution >= 0.6 is 11.3 Å². The van der Waals surface area contributed by atoms with Crippen molar-refractivity contribution in [3.8, 4) is 0 Å². The molecule has 3 nitrogen and oxygen atoms in total. The van der Waals surface area contributed by atoms with Gasteiger partial charge in [0.15, 0.2) is 0 Å². The van der Waals surface area contributed by atoms with Gasteiger partial charge in [0, 0.05) is 22.5 Å². The standard InChI is InChI=1S/C15H15N3S/c1-10-7-11(16)8-17-15(10)18(2)13-9-19-14-6-4-3-5-12(13)14/h3-9H,16H2,1-2H3. The Hall–Kier alpha value is -2.07. The van der Waals surface area contributed by atoms with Gasteiger partial charge in [0.1, 0.15) is 5.82 Å². The number of pyridine rings is 1. The third kappa shape index (κ3) is 2.04. The first-order chi connectivity index (χ1) is 9.16. The van der Waals surface area contributed by atoms with Crippen LogP contribution in [0.3, 0.4) is 0 Å². The molecule has 2 N–H and O–H groups in total. The van der Waals surface area contributed by atoms with Crippen LogP contribution in [0.15, 0.2) is 41.9 Å². The highest BCUT2D eigenvalue weighted by atomic mass is 32.1. The number of benzene rings is 1. The maximum atomic E-state index is 5.76. The molecule has 0 saturated carbocycles. The van der Waals surface area contributed by atoms with E-state index in [4.69, 9.17) is 5.73 Å². The Morgan fingerprint density at radius 3 is 2.84 bits per heavy atom. The van der Waals surface area contributed by atoms with E-state index in [-0.39, 0.29) is 0 Å². The van der Waals surface area contributed by atoms with E-state index in [1.54, 1.807) is 17.5 Å². The van der Waals surface area contributed by atoms with Gasteiger partial charge in [0.25, 0.3) is 0 Å². The average Bonchev–Trinajstić information content (AvgIpc) is 2.82. The predicted octanol–water partition coefficient (Wildman–Crippen LogP) is 3.95. The lowest BCUT2D eigenvalue weighted by Gasteiger charge is -2.19. The Labute approximate surface area is 116 Å². The summed E-state index contributed by atoms with van der Waals surface area (Å²) in [7, 11) is 2.04. The average molecular weight is 269 g/mol. The molecule has 1 aromatic carbocycles. The summed E-state index contributed by atoms with van der Waals surface area (Å²) < 4.78 is 1.29. The van der Waals surface area contributed by atoms with Gasteiger partial charge in [0.2, 0.25) is 0 Å². The number of nitrogen functional groups attached to an aromatic ring is 1. The number of hydrogen-bond donors (Lipinski definition) is 1. The number of aromatic nitrogens is 1. The number of aryl methyl sites for hydroxylation is 1. The molecule has 3 aromatic rings. The van der Waals surface area contributed by atoms with Gasteiger partial charge in [-0.05, 0) is 24.6 Å². The monoisotopic (exact) mass is 269 g/mol. The van der Waals surface area contributed by atoms with Crippen LogP contribution in [0.1, 0.15) is 5.56 Å². The Kier molecular flexibility index (Phi) is 2.87. The summed E-state index contributed by atoms with van der Waals surface area (Å²) in [6.45, 7) is 2.03. The van der Waals surface area contributed by atoms with Gasteiger partial charge in [-0.15, -0.1) is 11.3 Å². The zero-order chi connectivity index (χ0) is 13.4. The minimum atomic E-state index is 0.699. The third-order valence-corrected chi connectivity index (χ3v) is 4.16. The quantitative estimate of drug-likeness (QED) is 0.765. The Bertz CT molecular complexity index is 733. The minimum Gasteiger partial charge on any atom is -0.397 e. The topological polar surface area (TPSA) is 42.1 Å². The summed E-state index contributed by atoms with van der Waals surface area (Å²) in [5, 5.41) is 3.43. The molecule has 0 unspecified atom stereocenters. The fraction of sp³-hybridized carbons (Fsp3) is 0.133. The first-order valence-corrected chi connectivity index (χ1v) is 6.97. The third-order valence-electron chi connectivity index (χ3n) is 3.21. The smallest absolute Gasteiger partial charge is 0.135 e. The van der Waals surface area contributed by atoms with E-state index in [1.165, 1.54) is 15.8 Å². The van der Waals surface area contributed by atoms with Crippen LogP contribution in [0.25, 0.3) is 10.1 Å². The van der Waals surface area contributed by atoms with E-state index in [1.807, 2.05) is 20.0 Å². The molecule has 0 amide bonds. The molecule has 2 aromatic heterocycles. The number of anilines is 3. The molecular weight excluding hydrogens is 254 g/mol. The first kappa shape index (κ1) is 12.0. The minimum absolute atomic E-state index is 0.699. The van der Waals surface area contributed by atoms with Crippen LogP contribution in [-0.2, 0) is 0 Å². The number of thiophene rings is 1. The lowest BCUT2D eigenvalue weighted by atomic mass is 10.2. The summed E-state index contributed by atoms with van der Waals surface area (Å²) in [6.07, 6.45) is 1.70. The lowest BCUT2D eigenvalue weighted by Crippen LogP contribution is -2.12. The molecule has 0 bridgehead atoms. The molecule has 0 atom stereocenters. The van der Waals surface area contributed by atoms with Crippen LogP contribution in [-0.4, -0.2) is 12.0 Å². The van der Waals surface area contributed by atoms with Crippen molar-refractivity contribution < 1.29 is 0 Å². The molecule has 2 heterocycles. The van der Waals surface area contributed by atoms with Gasteiger partial charge in [0.05, 0.1) is 17.6 Å². The van der Waals surface area contributed by atoms with Gasteiger partial charge >= 0.3 is 0 Å². The van der Waals surface area contributed by atoms with Crippen molar-refractivity contribution in [1.29, 1.82) is 0 Å². The number of fused-ring (bicyclic) bond motifs is 1. The molecule has 19 heavy (non-hydrogen) atoms. The molecule has 0 aliphatic rings. The van der Waals surface area contributed by atoms with Gasteiger partial charge in [-0.25, -0.2) is 4.98 Å². The van der Waals surface area contributed by atoms with Crippen LogP contribution in [0, 0.1) is 6.92 Å². The number of hydrogen-bond acceptors (Lipinski definition) is 4. The Morgan fingerprint density at radius 2 is 2.05 bits per heavy atom. The number of nitrogens with zero attached hydrogens (tertiary/aromatic N) is 2. The highest BCUT2D eigenvalue weighted by Crippen LogP contribution is 2.36. The molecule has 0 fully saturated rings. The zero-order valence-corrected chi connectivity index (χ0v) is 11.7. The second-order valence-corrected chi connectivity index (χ2v) is 5.50. The van der Waals surface area contributed by atoms with E-state index >= 15 is 0 Å². The van der Waals surface area contributed by atoms with Crippen molar-refractivity contribution in [1.82, 2.24) is 4.98 Å². The number of nitrogens with two attached hydrogens (primary N) is 1. The summed E-state index contributed by atoms with van der Waals surface area (Å²) in [6, 6.07) is 10.4.